The third kappa shape index (κ3) is 4.30. The van der Waals surface area contributed by atoms with Crippen molar-refractivity contribution < 1.29 is 4.74 Å². The number of aryl methyl sites for hydroxylation is 2. The fourth-order valence-electron chi connectivity index (χ4n) is 3.43. The van der Waals surface area contributed by atoms with Crippen molar-refractivity contribution in [1.82, 2.24) is 15.1 Å². The van der Waals surface area contributed by atoms with Gasteiger partial charge in [0.05, 0.1) is 5.69 Å². The van der Waals surface area contributed by atoms with Gasteiger partial charge < -0.3 is 10.1 Å². The van der Waals surface area contributed by atoms with E-state index in [0.29, 0.717) is 6.04 Å². The van der Waals surface area contributed by atoms with Gasteiger partial charge in [-0.2, -0.15) is 5.10 Å². The van der Waals surface area contributed by atoms with Crippen LogP contribution < -0.4 is 5.32 Å². The van der Waals surface area contributed by atoms with E-state index >= 15 is 0 Å². The number of rotatable bonds is 7. The molecule has 1 saturated heterocycles. The first-order chi connectivity index (χ1) is 10.1. The topological polar surface area (TPSA) is 39.1 Å². The highest BCUT2D eigenvalue weighted by atomic mass is 16.5. The molecule has 1 aromatic heterocycles. The predicted octanol–water partition coefficient (Wildman–Crippen LogP) is 2.76. The maximum absolute atomic E-state index is 5.52. The van der Waals surface area contributed by atoms with E-state index in [1.807, 2.05) is 11.7 Å². The average Bonchev–Trinajstić information content (AvgIpc) is 2.74. The van der Waals surface area contributed by atoms with Crippen LogP contribution in [0, 0.1) is 19.8 Å². The zero-order chi connectivity index (χ0) is 15.2. The lowest BCUT2D eigenvalue weighted by Gasteiger charge is -2.31. The van der Waals surface area contributed by atoms with Crippen LogP contribution in [0.15, 0.2) is 0 Å². The van der Waals surface area contributed by atoms with Crippen LogP contribution in [0.3, 0.4) is 0 Å². The first-order valence-corrected chi connectivity index (χ1v) is 8.43. The van der Waals surface area contributed by atoms with Crippen molar-refractivity contribution in [2.45, 2.75) is 58.9 Å². The van der Waals surface area contributed by atoms with Crippen molar-refractivity contribution in [3.8, 4) is 0 Å². The summed E-state index contributed by atoms with van der Waals surface area (Å²) in [5.41, 5.74) is 3.94. The predicted molar refractivity (Wildman–Crippen MR) is 86.6 cm³/mol. The summed E-state index contributed by atoms with van der Waals surface area (Å²) in [5.74, 6) is 0.766. The van der Waals surface area contributed by atoms with Gasteiger partial charge in [-0.05, 0) is 64.0 Å². The van der Waals surface area contributed by atoms with E-state index in [-0.39, 0.29) is 0 Å². The molecule has 1 aliphatic heterocycles. The van der Waals surface area contributed by atoms with Crippen LogP contribution in [-0.2, 0) is 18.2 Å². The van der Waals surface area contributed by atoms with Gasteiger partial charge >= 0.3 is 0 Å². The first kappa shape index (κ1) is 16.5. The van der Waals surface area contributed by atoms with E-state index in [4.69, 9.17) is 4.74 Å². The number of aromatic nitrogens is 2. The van der Waals surface area contributed by atoms with Crippen LogP contribution in [-0.4, -0.2) is 35.6 Å². The van der Waals surface area contributed by atoms with Gasteiger partial charge in [0.25, 0.3) is 0 Å². The van der Waals surface area contributed by atoms with Gasteiger partial charge in [0.1, 0.15) is 0 Å². The van der Waals surface area contributed by atoms with Crippen molar-refractivity contribution in [2.24, 2.45) is 13.0 Å². The third-order valence-electron chi connectivity index (χ3n) is 4.86. The summed E-state index contributed by atoms with van der Waals surface area (Å²) in [5, 5.41) is 8.31. The van der Waals surface area contributed by atoms with E-state index in [1.54, 1.807) is 0 Å². The van der Waals surface area contributed by atoms with Crippen LogP contribution in [0.5, 0.6) is 0 Å². The molecule has 0 saturated carbocycles. The summed E-state index contributed by atoms with van der Waals surface area (Å²) in [4.78, 5) is 0. The second kappa shape index (κ2) is 7.95. The Morgan fingerprint density at radius 2 is 2.05 bits per heavy atom. The van der Waals surface area contributed by atoms with E-state index < -0.39 is 0 Å². The normalized spacial score (nSPS) is 18.1. The molecule has 0 bridgehead atoms. The summed E-state index contributed by atoms with van der Waals surface area (Å²) in [6.45, 7) is 9.53. The van der Waals surface area contributed by atoms with Gasteiger partial charge in [0.15, 0.2) is 0 Å². The monoisotopic (exact) mass is 293 g/mol. The van der Waals surface area contributed by atoms with Crippen LogP contribution in [0.25, 0.3) is 0 Å². The molecule has 0 spiro atoms. The van der Waals surface area contributed by atoms with Gasteiger partial charge in [-0.3, -0.25) is 4.68 Å². The van der Waals surface area contributed by atoms with Crippen molar-refractivity contribution in [1.29, 1.82) is 0 Å². The SMILES string of the molecule is CCCNC(CCc1c(C)nn(C)c1C)C1CCOCC1. The van der Waals surface area contributed by atoms with Gasteiger partial charge in [0.2, 0.25) is 0 Å². The fraction of sp³-hybridized carbons (Fsp3) is 0.824. The first-order valence-electron chi connectivity index (χ1n) is 8.43. The van der Waals surface area contributed by atoms with E-state index in [1.165, 1.54) is 42.6 Å². The van der Waals surface area contributed by atoms with Gasteiger partial charge in [-0.25, -0.2) is 0 Å². The minimum Gasteiger partial charge on any atom is -0.381 e. The minimum absolute atomic E-state index is 0.618. The largest absolute Gasteiger partial charge is 0.381 e. The smallest absolute Gasteiger partial charge is 0.0628 e. The lowest BCUT2D eigenvalue weighted by Crippen LogP contribution is -2.39. The highest BCUT2D eigenvalue weighted by Gasteiger charge is 2.24. The maximum Gasteiger partial charge on any atom is 0.0628 e. The van der Waals surface area contributed by atoms with Crippen molar-refractivity contribution in [3.05, 3.63) is 17.0 Å². The second-order valence-corrected chi connectivity index (χ2v) is 6.32. The lowest BCUT2D eigenvalue weighted by molar-refractivity contribution is 0.0526. The minimum atomic E-state index is 0.618. The molecule has 1 atom stereocenters. The van der Waals surface area contributed by atoms with E-state index in [9.17, 15) is 0 Å². The van der Waals surface area contributed by atoms with Gasteiger partial charge in [-0.15, -0.1) is 0 Å². The quantitative estimate of drug-likeness (QED) is 0.840. The van der Waals surface area contributed by atoms with Gasteiger partial charge in [0, 0.05) is 32.0 Å². The van der Waals surface area contributed by atoms with Crippen LogP contribution in [0.1, 0.15) is 49.6 Å². The summed E-state index contributed by atoms with van der Waals surface area (Å²) in [7, 11) is 2.04. The van der Waals surface area contributed by atoms with Crippen molar-refractivity contribution in [3.63, 3.8) is 0 Å². The number of nitrogens with zero attached hydrogens (tertiary/aromatic N) is 2. The highest BCUT2D eigenvalue weighted by Crippen LogP contribution is 2.23. The maximum atomic E-state index is 5.52. The molecule has 1 N–H and O–H groups in total. The second-order valence-electron chi connectivity index (χ2n) is 6.32. The van der Waals surface area contributed by atoms with E-state index in [0.717, 1.165) is 32.1 Å². The van der Waals surface area contributed by atoms with Crippen molar-refractivity contribution >= 4 is 0 Å². The molecule has 0 radical (unpaired) electrons. The Bertz CT molecular complexity index is 435. The Hall–Kier alpha value is -0.870. The van der Waals surface area contributed by atoms with E-state index in [2.05, 4.69) is 31.2 Å². The molecule has 1 aromatic rings. The Labute approximate surface area is 129 Å². The molecule has 1 fully saturated rings. The number of hydrogen-bond acceptors (Lipinski definition) is 3. The zero-order valence-corrected chi connectivity index (χ0v) is 14.1. The molecule has 1 unspecified atom stereocenters. The molecule has 120 valence electrons. The highest BCUT2D eigenvalue weighted by molar-refractivity contribution is 5.24. The number of nitrogens with one attached hydrogen (secondary N) is 1. The van der Waals surface area contributed by atoms with Crippen LogP contribution >= 0.6 is 0 Å². The molecular weight excluding hydrogens is 262 g/mol. The van der Waals surface area contributed by atoms with Gasteiger partial charge in [-0.1, -0.05) is 6.92 Å². The fourth-order valence-corrected chi connectivity index (χ4v) is 3.43. The molecule has 2 heterocycles. The molecule has 0 aromatic carbocycles. The molecule has 4 nitrogen and oxygen atoms in total. The Balaban J connectivity index is 1.97. The Morgan fingerprint density at radius 1 is 1.33 bits per heavy atom. The van der Waals surface area contributed by atoms with Crippen LogP contribution in [0.4, 0.5) is 0 Å². The average molecular weight is 293 g/mol. The van der Waals surface area contributed by atoms with Crippen LogP contribution in [0.2, 0.25) is 0 Å². The lowest BCUT2D eigenvalue weighted by atomic mass is 9.87. The summed E-state index contributed by atoms with van der Waals surface area (Å²) >= 11 is 0. The number of ether oxygens (including phenoxy) is 1. The summed E-state index contributed by atoms with van der Waals surface area (Å²) < 4.78 is 7.53. The third-order valence-corrected chi connectivity index (χ3v) is 4.86. The molecule has 2 rings (SSSR count). The molecule has 0 aliphatic carbocycles. The molecular formula is C17H31N3O. The zero-order valence-electron chi connectivity index (χ0n) is 14.1. The molecule has 0 amide bonds. The van der Waals surface area contributed by atoms with Crippen molar-refractivity contribution in [2.75, 3.05) is 19.8 Å². The molecule has 4 heteroatoms. The molecule has 1 aliphatic rings. The Morgan fingerprint density at radius 3 is 2.62 bits per heavy atom. The Kier molecular flexibility index (Phi) is 6.24. The standard InChI is InChI=1S/C17H31N3O/c1-5-10-18-17(15-8-11-21-12-9-15)7-6-16-13(2)19-20(4)14(16)3/h15,17-18H,5-12H2,1-4H3. The molecule has 21 heavy (non-hydrogen) atoms. The summed E-state index contributed by atoms with van der Waals surface area (Å²) in [6.07, 6.45) is 5.94. The number of hydrogen-bond donors (Lipinski definition) is 1. The summed E-state index contributed by atoms with van der Waals surface area (Å²) in [6, 6.07) is 0.618.